The van der Waals surface area contributed by atoms with Gasteiger partial charge in [0, 0.05) is 18.7 Å². The summed E-state index contributed by atoms with van der Waals surface area (Å²) in [5.74, 6) is 1.24. The summed E-state index contributed by atoms with van der Waals surface area (Å²) in [4.78, 5) is 14.3. The van der Waals surface area contributed by atoms with E-state index in [1.165, 1.54) is 0 Å². The van der Waals surface area contributed by atoms with E-state index in [9.17, 15) is 4.79 Å². The van der Waals surface area contributed by atoms with Crippen LogP contribution in [-0.4, -0.2) is 49.9 Å². The highest BCUT2D eigenvalue weighted by molar-refractivity contribution is 5.95. The Hall–Kier alpha value is -1.79. The van der Waals surface area contributed by atoms with Crippen LogP contribution in [0.5, 0.6) is 11.5 Å². The predicted octanol–water partition coefficient (Wildman–Crippen LogP) is 0.215. The maximum Gasteiger partial charge on any atom is 0.254 e. The molecule has 1 saturated heterocycles. The number of ether oxygens (including phenoxy) is 3. The average Bonchev–Trinajstić information content (AvgIpc) is 2.93. The summed E-state index contributed by atoms with van der Waals surface area (Å²) in [6.07, 6.45) is 0. The number of hydrogen-bond acceptors (Lipinski definition) is 5. The molecule has 19 heavy (non-hydrogen) atoms. The number of nitrogens with two attached hydrogens (primary N) is 1. The van der Waals surface area contributed by atoms with Gasteiger partial charge in [0.05, 0.1) is 19.3 Å². The van der Waals surface area contributed by atoms with Crippen LogP contribution >= 0.6 is 0 Å². The molecule has 1 unspecified atom stereocenters. The molecule has 6 nitrogen and oxygen atoms in total. The van der Waals surface area contributed by atoms with Gasteiger partial charge in [-0.25, -0.2) is 0 Å². The Morgan fingerprint density at radius 3 is 3.05 bits per heavy atom. The Morgan fingerprint density at radius 1 is 1.37 bits per heavy atom. The summed E-state index contributed by atoms with van der Waals surface area (Å²) in [5, 5.41) is 0. The van der Waals surface area contributed by atoms with Gasteiger partial charge in [-0.15, -0.1) is 0 Å². The van der Waals surface area contributed by atoms with Gasteiger partial charge in [-0.1, -0.05) is 0 Å². The van der Waals surface area contributed by atoms with Gasteiger partial charge in [0.2, 0.25) is 6.79 Å². The second-order valence-corrected chi connectivity index (χ2v) is 4.53. The molecule has 6 heteroatoms. The SMILES string of the molecule is NCC1COCCN1C(=O)c1ccc2c(c1)OCO2. The Balaban J connectivity index is 1.82. The number of morpholine rings is 1. The fourth-order valence-electron chi connectivity index (χ4n) is 2.31. The molecule has 3 rings (SSSR count). The minimum Gasteiger partial charge on any atom is -0.454 e. The third-order valence-corrected chi connectivity index (χ3v) is 3.38. The van der Waals surface area contributed by atoms with Crippen LogP contribution < -0.4 is 15.2 Å². The molecule has 1 aromatic carbocycles. The van der Waals surface area contributed by atoms with Crippen LogP contribution in [0, 0.1) is 0 Å². The number of fused-ring (bicyclic) bond motifs is 1. The van der Waals surface area contributed by atoms with E-state index >= 15 is 0 Å². The first-order chi connectivity index (χ1) is 9.29. The van der Waals surface area contributed by atoms with E-state index in [2.05, 4.69) is 0 Å². The first kappa shape index (κ1) is 12.3. The van der Waals surface area contributed by atoms with Crippen LogP contribution in [0.15, 0.2) is 18.2 Å². The van der Waals surface area contributed by atoms with Gasteiger partial charge >= 0.3 is 0 Å². The molecular formula is C13H16N2O4. The molecule has 0 aromatic heterocycles. The van der Waals surface area contributed by atoms with E-state index in [-0.39, 0.29) is 18.7 Å². The van der Waals surface area contributed by atoms with Crippen molar-refractivity contribution in [2.45, 2.75) is 6.04 Å². The molecule has 0 aliphatic carbocycles. The molecule has 2 aliphatic rings. The standard InChI is InChI=1S/C13H16N2O4/c14-6-10-7-17-4-3-15(10)13(16)9-1-2-11-12(5-9)19-8-18-11/h1-2,5,10H,3-4,6-8,14H2. The summed E-state index contributed by atoms with van der Waals surface area (Å²) >= 11 is 0. The number of amides is 1. The number of nitrogens with zero attached hydrogens (tertiary/aromatic N) is 1. The molecule has 1 fully saturated rings. The topological polar surface area (TPSA) is 74.0 Å². The van der Waals surface area contributed by atoms with Crippen molar-refractivity contribution in [1.29, 1.82) is 0 Å². The quantitative estimate of drug-likeness (QED) is 0.827. The van der Waals surface area contributed by atoms with Crippen molar-refractivity contribution >= 4 is 5.91 Å². The van der Waals surface area contributed by atoms with Crippen molar-refractivity contribution in [1.82, 2.24) is 4.90 Å². The second kappa shape index (κ2) is 5.07. The van der Waals surface area contributed by atoms with Crippen molar-refractivity contribution in [2.75, 3.05) is 33.1 Å². The van der Waals surface area contributed by atoms with Gasteiger partial charge < -0.3 is 24.8 Å². The van der Waals surface area contributed by atoms with Crippen LogP contribution in [0.2, 0.25) is 0 Å². The summed E-state index contributed by atoms with van der Waals surface area (Å²) in [6.45, 7) is 2.21. The lowest BCUT2D eigenvalue weighted by Gasteiger charge is -2.34. The second-order valence-electron chi connectivity index (χ2n) is 4.53. The molecule has 1 aromatic rings. The molecule has 102 valence electrons. The zero-order valence-electron chi connectivity index (χ0n) is 10.5. The van der Waals surface area contributed by atoms with E-state index in [0.717, 1.165) is 0 Å². The number of carbonyl (C=O) groups excluding carboxylic acids is 1. The molecule has 2 heterocycles. The van der Waals surface area contributed by atoms with E-state index in [0.29, 0.717) is 43.4 Å². The third-order valence-electron chi connectivity index (χ3n) is 3.38. The van der Waals surface area contributed by atoms with Gasteiger partial charge in [0.1, 0.15) is 0 Å². The maximum absolute atomic E-state index is 12.5. The van der Waals surface area contributed by atoms with Crippen molar-refractivity contribution in [3.05, 3.63) is 23.8 Å². The van der Waals surface area contributed by atoms with Gasteiger partial charge in [0.15, 0.2) is 11.5 Å². The Kier molecular flexibility index (Phi) is 3.27. The van der Waals surface area contributed by atoms with E-state index < -0.39 is 0 Å². The smallest absolute Gasteiger partial charge is 0.254 e. The molecule has 0 saturated carbocycles. The summed E-state index contributed by atoms with van der Waals surface area (Å²) in [7, 11) is 0. The lowest BCUT2D eigenvalue weighted by Crippen LogP contribution is -2.52. The highest BCUT2D eigenvalue weighted by Crippen LogP contribution is 2.33. The fraction of sp³-hybridized carbons (Fsp3) is 0.462. The summed E-state index contributed by atoms with van der Waals surface area (Å²) < 4.78 is 15.9. The van der Waals surface area contributed by atoms with Crippen LogP contribution in [0.4, 0.5) is 0 Å². The van der Waals surface area contributed by atoms with E-state index in [1.54, 1.807) is 23.1 Å². The normalized spacial score (nSPS) is 21.5. The molecule has 0 bridgehead atoms. The first-order valence-electron chi connectivity index (χ1n) is 6.28. The number of carbonyl (C=O) groups is 1. The molecule has 1 amide bonds. The largest absolute Gasteiger partial charge is 0.454 e. The van der Waals surface area contributed by atoms with Gasteiger partial charge in [-0.05, 0) is 18.2 Å². The molecular weight excluding hydrogens is 248 g/mol. The zero-order valence-corrected chi connectivity index (χ0v) is 10.5. The molecule has 0 radical (unpaired) electrons. The van der Waals surface area contributed by atoms with Crippen molar-refractivity contribution in [3.8, 4) is 11.5 Å². The lowest BCUT2D eigenvalue weighted by molar-refractivity contribution is 0.000827. The maximum atomic E-state index is 12.5. The van der Waals surface area contributed by atoms with Crippen LogP contribution in [-0.2, 0) is 4.74 Å². The van der Waals surface area contributed by atoms with Gasteiger partial charge in [0.25, 0.3) is 5.91 Å². The van der Waals surface area contributed by atoms with Crippen LogP contribution in [0.25, 0.3) is 0 Å². The molecule has 2 N–H and O–H groups in total. The van der Waals surface area contributed by atoms with Crippen LogP contribution in [0.1, 0.15) is 10.4 Å². The Bertz CT molecular complexity index is 492. The minimum absolute atomic E-state index is 0.0444. The minimum atomic E-state index is -0.0633. The number of rotatable bonds is 2. The third kappa shape index (κ3) is 2.24. The van der Waals surface area contributed by atoms with E-state index in [4.69, 9.17) is 19.9 Å². The number of benzene rings is 1. The fourth-order valence-corrected chi connectivity index (χ4v) is 2.31. The monoisotopic (exact) mass is 264 g/mol. The highest BCUT2D eigenvalue weighted by atomic mass is 16.7. The molecule has 1 atom stereocenters. The van der Waals surface area contributed by atoms with Crippen molar-refractivity contribution < 1.29 is 19.0 Å². The van der Waals surface area contributed by atoms with Gasteiger partial charge in [-0.3, -0.25) is 4.79 Å². The lowest BCUT2D eigenvalue weighted by atomic mass is 10.1. The summed E-state index contributed by atoms with van der Waals surface area (Å²) in [5.41, 5.74) is 6.27. The Morgan fingerprint density at radius 2 is 2.21 bits per heavy atom. The van der Waals surface area contributed by atoms with Gasteiger partial charge in [-0.2, -0.15) is 0 Å². The molecule has 2 aliphatic heterocycles. The van der Waals surface area contributed by atoms with Crippen LogP contribution in [0.3, 0.4) is 0 Å². The Labute approximate surface area is 111 Å². The predicted molar refractivity (Wildman–Crippen MR) is 67.3 cm³/mol. The summed E-state index contributed by atoms with van der Waals surface area (Å²) in [6, 6.07) is 5.16. The molecule has 0 spiro atoms. The number of hydrogen-bond donors (Lipinski definition) is 1. The first-order valence-corrected chi connectivity index (χ1v) is 6.28. The zero-order chi connectivity index (χ0) is 13.2. The van der Waals surface area contributed by atoms with Crippen molar-refractivity contribution in [2.24, 2.45) is 5.73 Å². The van der Waals surface area contributed by atoms with E-state index in [1.807, 2.05) is 0 Å². The highest BCUT2D eigenvalue weighted by Gasteiger charge is 2.28. The van der Waals surface area contributed by atoms with Crippen molar-refractivity contribution in [3.63, 3.8) is 0 Å². The average molecular weight is 264 g/mol.